The summed E-state index contributed by atoms with van der Waals surface area (Å²) in [6, 6.07) is 5.60. The summed E-state index contributed by atoms with van der Waals surface area (Å²) in [4.78, 5) is 4.26. The molecule has 0 unspecified atom stereocenters. The molecule has 1 aromatic carbocycles. The van der Waals surface area contributed by atoms with E-state index >= 15 is 0 Å². The maximum atomic E-state index is 9.53. The zero-order chi connectivity index (χ0) is 14.7. The summed E-state index contributed by atoms with van der Waals surface area (Å²) in [5.74, 6) is 2.13. The molecule has 2 aromatic rings. The van der Waals surface area contributed by atoms with E-state index < -0.39 is 6.10 Å². The van der Waals surface area contributed by atoms with Crippen molar-refractivity contribution in [2.45, 2.75) is 46.3 Å². The first-order valence-electron chi connectivity index (χ1n) is 6.71. The molecule has 0 fully saturated rings. The minimum atomic E-state index is -0.479. The van der Waals surface area contributed by atoms with Gasteiger partial charge in [-0.3, -0.25) is 0 Å². The van der Waals surface area contributed by atoms with Gasteiger partial charge < -0.3 is 14.4 Å². The van der Waals surface area contributed by atoms with E-state index in [1.54, 1.807) is 6.92 Å². The maximum Gasteiger partial charge on any atom is 0.264 e. The molecule has 0 spiro atoms. The molecular weight excluding hydrogens is 256 g/mol. The van der Waals surface area contributed by atoms with E-state index in [1.165, 1.54) is 0 Å². The summed E-state index contributed by atoms with van der Waals surface area (Å²) in [5, 5.41) is 13.4. The summed E-state index contributed by atoms with van der Waals surface area (Å²) < 4.78 is 10.8. The van der Waals surface area contributed by atoms with E-state index in [-0.39, 0.29) is 12.5 Å². The monoisotopic (exact) mass is 276 g/mol. The van der Waals surface area contributed by atoms with Gasteiger partial charge in [0.2, 0.25) is 0 Å². The van der Waals surface area contributed by atoms with Crippen LogP contribution in [0.15, 0.2) is 22.7 Å². The summed E-state index contributed by atoms with van der Waals surface area (Å²) in [5.41, 5.74) is 1.83. The second kappa shape index (κ2) is 6.05. The van der Waals surface area contributed by atoms with Crippen molar-refractivity contribution >= 4 is 0 Å². The molecule has 0 bridgehead atoms. The fraction of sp³-hybridized carbons (Fsp3) is 0.467. The van der Waals surface area contributed by atoms with E-state index in [4.69, 9.17) is 9.26 Å². The number of ether oxygens (including phenoxy) is 1. The lowest BCUT2D eigenvalue weighted by Gasteiger charge is -2.10. The Morgan fingerprint density at radius 3 is 2.60 bits per heavy atom. The minimum absolute atomic E-state index is 0.236. The maximum absolute atomic E-state index is 9.53. The lowest BCUT2D eigenvalue weighted by atomic mass is 10.1. The number of nitrogens with zero attached hydrogens (tertiary/aromatic N) is 2. The number of aliphatic hydroxyl groups is 1. The van der Waals surface area contributed by atoms with Crippen LogP contribution in [0, 0.1) is 6.92 Å². The van der Waals surface area contributed by atoms with E-state index in [0.717, 1.165) is 16.9 Å². The van der Waals surface area contributed by atoms with E-state index in [0.29, 0.717) is 11.7 Å². The molecule has 0 saturated heterocycles. The summed E-state index contributed by atoms with van der Waals surface area (Å²) in [6.07, 6.45) is -0.479. The average Bonchev–Trinajstić information content (AvgIpc) is 2.86. The van der Waals surface area contributed by atoms with Crippen LogP contribution >= 0.6 is 0 Å². The average molecular weight is 276 g/mol. The number of hydrogen-bond donors (Lipinski definition) is 1. The van der Waals surface area contributed by atoms with Gasteiger partial charge in [0.05, 0.1) is 6.10 Å². The van der Waals surface area contributed by atoms with Gasteiger partial charge in [-0.1, -0.05) is 25.1 Å². The van der Waals surface area contributed by atoms with Crippen LogP contribution in [-0.2, 0) is 6.61 Å². The summed E-state index contributed by atoms with van der Waals surface area (Å²) >= 11 is 0. The van der Waals surface area contributed by atoms with Crippen molar-refractivity contribution in [3.05, 3.63) is 41.0 Å². The molecule has 0 radical (unpaired) electrons. The Hall–Kier alpha value is -1.88. The molecule has 1 N–H and O–H groups in total. The molecule has 5 nitrogen and oxygen atoms in total. The molecule has 108 valence electrons. The zero-order valence-corrected chi connectivity index (χ0v) is 12.3. The lowest BCUT2D eigenvalue weighted by Crippen LogP contribution is -1.99. The predicted molar refractivity (Wildman–Crippen MR) is 74.5 cm³/mol. The smallest absolute Gasteiger partial charge is 0.264 e. The fourth-order valence-corrected chi connectivity index (χ4v) is 1.80. The molecule has 0 aliphatic rings. The highest BCUT2D eigenvalue weighted by molar-refractivity contribution is 5.36. The number of hydrogen-bond acceptors (Lipinski definition) is 5. The van der Waals surface area contributed by atoms with Gasteiger partial charge >= 0.3 is 0 Å². The van der Waals surface area contributed by atoms with Crippen molar-refractivity contribution in [1.29, 1.82) is 0 Å². The fourth-order valence-electron chi connectivity index (χ4n) is 1.80. The molecule has 0 saturated carbocycles. The van der Waals surface area contributed by atoms with Gasteiger partial charge in [0, 0.05) is 5.92 Å². The normalized spacial score (nSPS) is 12.7. The van der Waals surface area contributed by atoms with Crippen LogP contribution in [0.25, 0.3) is 0 Å². The van der Waals surface area contributed by atoms with Crippen LogP contribution in [0.1, 0.15) is 55.6 Å². The molecule has 0 aliphatic carbocycles. The van der Waals surface area contributed by atoms with Crippen LogP contribution in [0.5, 0.6) is 5.75 Å². The number of benzene rings is 1. The van der Waals surface area contributed by atoms with Gasteiger partial charge in [0.25, 0.3) is 5.89 Å². The highest BCUT2D eigenvalue weighted by atomic mass is 16.5. The SMILES string of the molecule is Cc1cc([C@@H](C)O)ccc1OCc1nc(C(C)C)no1. The van der Waals surface area contributed by atoms with Gasteiger partial charge in [-0.15, -0.1) is 0 Å². The summed E-state index contributed by atoms with van der Waals surface area (Å²) in [7, 11) is 0. The first-order chi connectivity index (χ1) is 9.47. The first-order valence-corrected chi connectivity index (χ1v) is 6.71. The molecule has 0 aliphatic heterocycles. The van der Waals surface area contributed by atoms with Crippen molar-refractivity contribution in [3.8, 4) is 5.75 Å². The Labute approximate surface area is 118 Å². The Balaban J connectivity index is 2.03. The second-order valence-corrected chi connectivity index (χ2v) is 5.19. The number of aliphatic hydroxyl groups excluding tert-OH is 1. The number of aryl methyl sites for hydroxylation is 1. The van der Waals surface area contributed by atoms with Gasteiger partial charge in [0.1, 0.15) is 5.75 Å². The van der Waals surface area contributed by atoms with Gasteiger partial charge in [-0.2, -0.15) is 4.98 Å². The van der Waals surface area contributed by atoms with E-state index in [9.17, 15) is 5.11 Å². The molecule has 1 heterocycles. The van der Waals surface area contributed by atoms with Gasteiger partial charge in [0.15, 0.2) is 12.4 Å². The van der Waals surface area contributed by atoms with Crippen LogP contribution in [0.2, 0.25) is 0 Å². The van der Waals surface area contributed by atoms with Gasteiger partial charge in [-0.25, -0.2) is 0 Å². The van der Waals surface area contributed by atoms with E-state index in [2.05, 4.69) is 10.1 Å². The standard InChI is InChI=1S/C15H20N2O3/c1-9(2)15-16-14(20-17-15)8-19-13-6-5-12(11(4)18)7-10(13)3/h5-7,9,11,18H,8H2,1-4H3/t11-/m1/s1. The van der Waals surface area contributed by atoms with Gasteiger partial charge in [-0.05, 0) is 37.1 Å². The van der Waals surface area contributed by atoms with Crippen LogP contribution in [0.3, 0.4) is 0 Å². The Kier molecular flexibility index (Phi) is 4.39. The third-order valence-electron chi connectivity index (χ3n) is 3.03. The molecule has 20 heavy (non-hydrogen) atoms. The van der Waals surface area contributed by atoms with Crippen LogP contribution in [-0.4, -0.2) is 15.2 Å². The third kappa shape index (κ3) is 3.36. The van der Waals surface area contributed by atoms with Crippen molar-refractivity contribution in [1.82, 2.24) is 10.1 Å². The second-order valence-electron chi connectivity index (χ2n) is 5.19. The van der Waals surface area contributed by atoms with Crippen molar-refractivity contribution in [2.24, 2.45) is 0 Å². The largest absolute Gasteiger partial charge is 0.483 e. The molecule has 1 atom stereocenters. The quantitative estimate of drug-likeness (QED) is 0.908. The Morgan fingerprint density at radius 2 is 2.05 bits per heavy atom. The molecule has 2 rings (SSSR count). The molecular formula is C15H20N2O3. The zero-order valence-electron chi connectivity index (χ0n) is 12.3. The minimum Gasteiger partial charge on any atom is -0.483 e. The van der Waals surface area contributed by atoms with E-state index in [1.807, 2.05) is 39.0 Å². The van der Waals surface area contributed by atoms with Crippen molar-refractivity contribution < 1.29 is 14.4 Å². The molecule has 1 aromatic heterocycles. The Morgan fingerprint density at radius 1 is 1.30 bits per heavy atom. The van der Waals surface area contributed by atoms with Crippen LogP contribution < -0.4 is 4.74 Å². The lowest BCUT2D eigenvalue weighted by molar-refractivity contribution is 0.198. The number of rotatable bonds is 5. The topological polar surface area (TPSA) is 68.4 Å². The first kappa shape index (κ1) is 14.5. The predicted octanol–water partition coefficient (Wildman–Crippen LogP) is 3.13. The highest BCUT2D eigenvalue weighted by Gasteiger charge is 2.11. The Bertz CT molecular complexity index is 576. The number of aromatic nitrogens is 2. The van der Waals surface area contributed by atoms with Crippen molar-refractivity contribution in [3.63, 3.8) is 0 Å². The highest BCUT2D eigenvalue weighted by Crippen LogP contribution is 2.23. The van der Waals surface area contributed by atoms with Crippen LogP contribution in [0.4, 0.5) is 0 Å². The summed E-state index contributed by atoms with van der Waals surface area (Å²) in [6.45, 7) is 7.94. The molecule has 5 heteroatoms. The van der Waals surface area contributed by atoms with Crippen molar-refractivity contribution in [2.75, 3.05) is 0 Å². The third-order valence-corrected chi connectivity index (χ3v) is 3.03. The molecule has 0 amide bonds.